The van der Waals surface area contributed by atoms with Gasteiger partial charge in [0.25, 0.3) is 5.56 Å². The molecule has 0 unspecified atom stereocenters. The molecule has 4 heteroatoms. The van der Waals surface area contributed by atoms with Crippen LogP contribution in [0.1, 0.15) is 23.1 Å². The number of aryl methyl sites for hydroxylation is 1. The summed E-state index contributed by atoms with van der Waals surface area (Å²) in [6.45, 7) is 3.33. The maximum atomic E-state index is 11.9. The number of nitrogens with zero attached hydrogens (tertiary/aromatic N) is 2. The van der Waals surface area contributed by atoms with Gasteiger partial charge in [0.1, 0.15) is 0 Å². The third-order valence-electron chi connectivity index (χ3n) is 2.55. The van der Waals surface area contributed by atoms with Crippen molar-refractivity contribution >= 4 is 16.7 Å². The minimum Gasteiger partial charge on any atom is -0.293 e. The first-order chi connectivity index (χ1) is 7.50. The number of Topliss-reactive ketones (excluding diaryl/α,β-unsaturated/α-hetero) is 1. The smallest absolute Gasteiger partial charge is 0.261 e. The van der Waals surface area contributed by atoms with Gasteiger partial charge in [0.15, 0.2) is 11.6 Å². The highest BCUT2D eigenvalue weighted by Crippen LogP contribution is 2.10. The molecule has 4 nitrogen and oxygen atoms in total. The van der Waals surface area contributed by atoms with Crippen molar-refractivity contribution in [3.05, 3.63) is 39.9 Å². The van der Waals surface area contributed by atoms with Gasteiger partial charge in [0.2, 0.25) is 0 Å². The van der Waals surface area contributed by atoms with E-state index in [9.17, 15) is 9.59 Å². The number of fused-ring (bicyclic) bond motifs is 1. The zero-order valence-corrected chi connectivity index (χ0v) is 9.44. The lowest BCUT2D eigenvalue weighted by molar-refractivity contribution is 0.0999. The largest absolute Gasteiger partial charge is 0.293 e. The lowest BCUT2D eigenvalue weighted by Gasteiger charge is -2.06. The molecule has 0 spiro atoms. The average molecular weight is 216 g/mol. The van der Waals surface area contributed by atoms with Gasteiger partial charge in [-0.3, -0.25) is 14.2 Å². The van der Waals surface area contributed by atoms with Gasteiger partial charge >= 0.3 is 0 Å². The van der Waals surface area contributed by atoms with Crippen LogP contribution in [-0.4, -0.2) is 15.3 Å². The maximum absolute atomic E-state index is 11.9. The molecular formula is C12H12N2O2. The highest BCUT2D eigenvalue weighted by atomic mass is 16.1. The molecule has 2 aromatic rings. The number of aromatic nitrogens is 2. The normalized spacial score (nSPS) is 10.7. The van der Waals surface area contributed by atoms with Crippen molar-refractivity contribution in [1.29, 1.82) is 0 Å². The van der Waals surface area contributed by atoms with Crippen LogP contribution in [0.3, 0.4) is 0 Å². The minimum absolute atomic E-state index is 0.185. The first kappa shape index (κ1) is 10.5. The van der Waals surface area contributed by atoms with Gasteiger partial charge in [-0.15, -0.1) is 0 Å². The molecule has 16 heavy (non-hydrogen) atoms. The van der Waals surface area contributed by atoms with Gasteiger partial charge in [0.05, 0.1) is 10.9 Å². The Hall–Kier alpha value is -1.97. The molecule has 82 valence electrons. The molecule has 0 saturated carbocycles. The Bertz CT molecular complexity index is 641. The van der Waals surface area contributed by atoms with Gasteiger partial charge in [-0.1, -0.05) is 6.07 Å². The van der Waals surface area contributed by atoms with E-state index in [1.807, 2.05) is 19.1 Å². The summed E-state index contributed by atoms with van der Waals surface area (Å²) >= 11 is 0. The fourth-order valence-corrected chi connectivity index (χ4v) is 1.70. The summed E-state index contributed by atoms with van der Waals surface area (Å²) in [5.41, 5.74) is 1.41. The summed E-state index contributed by atoms with van der Waals surface area (Å²) in [5, 5.41) is 0.540. The highest BCUT2D eigenvalue weighted by molar-refractivity contribution is 5.92. The molecule has 0 N–H and O–H groups in total. The van der Waals surface area contributed by atoms with Crippen molar-refractivity contribution in [2.24, 2.45) is 7.05 Å². The molecule has 1 heterocycles. The molecule has 0 amide bonds. The second kappa shape index (κ2) is 3.56. The van der Waals surface area contributed by atoms with Crippen LogP contribution in [0.5, 0.6) is 0 Å². The molecule has 1 aromatic carbocycles. The van der Waals surface area contributed by atoms with Crippen molar-refractivity contribution in [3.8, 4) is 0 Å². The zero-order valence-electron chi connectivity index (χ0n) is 9.44. The number of rotatable bonds is 1. The van der Waals surface area contributed by atoms with Crippen LogP contribution in [0.2, 0.25) is 0 Å². The zero-order chi connectivity index (χ0) is 11.9. The van der Waals surface area contributed by atoms with Crippen LogP contribution in [0, 0.1) is 6.92 Å². The summed E-state index contributed by atoms with van der Waals surface area (Å²) in [5.74, 6) is -0.00824. The average Bonchev–Trinajstić information content (AvgIpc) is 2.22. The first-order valence-electron chi connectivity index (χ1n) is 4.99. The van der Waals surface area contributed by atoms with Crippen molar-refractivity contribution in [2.75, 3.05) is 0 Å². The molecule has 0 bridgehead atoms. The van der Waals surface area contributed by atoms with Gasteiger partial charge in [-0.2, -0.15) is 0 Å². The molecule has 0 aliphatic rings. The number of ketones is 1. The minimum atomic E-state index is -0.206. The van der Waals surface area contributed by atoms with Crippen molar-refractivity contribution < 1.29 is 4.79 Å². The van der Waals surface area contributed by atoms with E-state index in [0.717, 1.165) is 5.56 Å². The fourth-order valence-electron chi connectivity index (χ4n) is 1.70. The molecule has 0 atom stereocenters. The molecule has 0 radical (unpaired) electrons. The lowest BCUT2D eigenvalue weighted by Crippen LogP contribution is -2.24. The van der Waals surface area contributed by atoms with E-state index in [0.29, 0.717) is 10.9 Å². The van der Waals surface area contributed by atoms with E-state index >= 15 is 0 Å². The van der Waals surface area contributed by atoms with Crippen molar-refractivity contribution in [3.63, 3.8) is 0 Å². The third-order valence-corrected chi connectivity index (χ3v) is 2.55. The van der Waals surface area contributed by atoms with E-state index in [1.54, 1.807) is 13.1 Å². The summed E-state index contributed by atoms with van der Waals surface area (Å²) in [6.07, 6.45) is 0. The Kier molecular flexibility index (Phi) is 2.34. The van der Waals surface area contributed by atoms with E-state index in [-0.39, 0.29) is 17.2 Å². The summed E-state index contributed by atoms with van der Waals surface area (Å²) in [7, 11) is 1.56. The molecule has 2 rings (SSSR count). The van der Waals surface area contributed by atoms with Crippen LogP contribution in [0.15, 0.2) is 23.0 Å². The van der Waals surface area contributed by atoms with Crippen molar-refractivity contribution in [2.45, 2.75) is 13.8 Å². The monoisotopic (exact) mass is 216 g/mol. The first-order valence-corrected chi connectivity index (χ1v) is 4.99. The Labute approximate surface area is 92.5 Å². The topological polar surface area (TPSA) is 52.0 Å². The predicted octanol–water partition coefficient (Wildman–Crippen LogP) is 1.44. The van der Waals surface area contributed by atoms with E-state index < -0.39 is 0 Å². The van der Waals surface area contributed by atoms with E-state index in [1.165, 1.54) is 11.5 Å². The number of carbonyl (C=O) groups excluding carboxylic acids is 1. The standard InChI is InChI=1S/C12H12N2O2/c1-7-4-5-9-10(6-7)13-11(8(2)15)14(3)12(9)16/h4-6H,1-3H3. The van der Waals surface area contributed by atoms with Gasteiger partial charge < -0.3 is 0 Å². The van der Waals surface area contributed by atoms with Gasteiger partial charge in [-0.05, 0) is 24.6 Å². The maximum Gasteiger partial charge on any atom is 0.261 e. The SMILES string of the molecule is CC(=O)c1nc2cc(C)ccc2c(=O)n1C. The number of carbonyl (C=O) groups is 1. The molecule has 0 aliphatic carbocycles. The Balaban J connectivity index is 2.94. The summed E-state index contributed by atoms with van der Waals surface area (Å²) in [6, 6.07) is 5.41. The summed E-state index contributed by atoms with van der Waals surface area (Å²) < 4.78 is 1.29. The Morgan fingerprint density at radius 2 is 2.06 bits per heavy atom. The van der Waals surface area contributed by atoms with Crippen LogP contribution in [-0.2, 0) is 7.05 Å². The molecule has 0 aliphatic heterocycles. The molecular weight excluding hydrogens is 204 g/mol. The van der Waals surface area contributed by atoms with Gasteiger partial charge in [-0.25, -0.2) is 4.98 Å². The van der Waals surface area contributed by atoms with Crippen LogP contribution in [0.4, 0.5) is 0 Å². The Morgan fingerprint density at radius 1 is 1.38 bits per heavy atom. The fraction of sp³-hybridized carbons (Fsp3) is 0.250. The summed E-state index contributed by atoms with van der Waals surface area (Å²) in [4.78, 5) is 27.5. The van der Waals surface area contributed by atoms with Crippen LogP contribution >= 0.6 is 0 Å². The number of hydrogen-bond donors (Lipinski definition) is 0. The second-order valence-electron chi connectivity index (χ2n) is 3.88. The van der Waals surface area contributed by atoms with Crippen LogP contribution < -0.4 is 5.56 Å². The Morgan fingerprint density at radius 3 is 2.69 bits per heavy atom. The third kappa shape index (κ3) is 1.52. The molecule has 0 saturated heterocycles. The highest BCUT2D eigenvalue weighted by Gasteiger charge is 2.11. The number of hydrogen-bond acceptors (Lipinski definition) is 3. The van der Waals surface area contributed by atoms with Gasteiger partial charge in [0, 0.05) is 14.0 Å². The number of benzene rings is 1. The van der Waals surface area contributed by atoms with E-state index in [4.69, 9.17) is 0 Å². The predicted molar refractivity (Wildman–Crippen MR) is 61.7 cm³/mol. The second-order valence-corrected chi connectivity index (χ2v) is 3.88. The lowest BCUT2D eigenvalue weighted by atomic mass is 10.1. The molecule has 0 fully saturated rings. The van der Waals surface area contributed by atoms with Crippen LogP contribution in [0.25, 0.3) is 10.9 Å². The van der Waals surface area contributed by atoms with E-state index in [2.05, 4.69) is 4.98 Å². The quantitative estimate of drug-likeness (QED) is 0.678. The molecule has 1 aromatic heterocycles. The van der Waals surface area contributed by atoms with Crippen molar-refractivity contribution in [1.82, 2.24) is 9.55 Å².